The minimum absolute atomic E-state index is 0.0564. The summed E-state index contributed by atoms with van der Waals surface area (Å²) in [5.41, 5.74) is 2.50. The molecule has 0 aliphatic carbocycles. The second-order valence-electron chi connectivity index (χ2n) is 12.9. The van der Waals surface area contributed by atoms with Crippen LogP contribution >= 0.6 is 0 Å². The number of nitrogens with zero attached hydrogens (tertiary/aromatic N) is 2. The zero-order valence-corrected chi connectivity index (χ0v) is 29.6. The van der Waals surface area contributed by atoms with E-state index in [0.717, 1.165) is 37.1 Å². The van der Waals surface area contributed by atoms with E-state index in [-0.39, 0.29) is 30.6 Å². The van der Waals surface area contributed by atoms with E-state index < -0.39 is 12.1 Å². The summed E-state index contributed by atoms with van der Waals surface area (Å²) in [5, 5.41) is 15.9. The van der Waals surface area contributed by atoms with Crippen molar-refractivity contribution in [1.29, 1.82) is 0 Å². The van der Waals surface area contributed by atoms with Gasteiger partial charge in [0, 0.05) is 43.5 Å². The van der Waals surface area contributed by atoms with Crippen molar-refractivity contribution in [3.05, 3.63) is 77.9 Å². The molecule has 0 spiro atoms. The second-order valence-corrected chi connectivity index (χ2v) is 12.9. The molecule has 3 aromatic rings. The fraction of sp³-hybridized carbons (Fsp3) is 0.474. The van der Waals surface area contributed by atoms with Crippen molar-refractivity contribution in [2.75, 3.05) is 58.2 Å². The number of carbonyl (C=O) groups is 2. The Bertz CT molecular complexity index is 1480. The third kappa shape index (κ3) is 11.1. The largest absolute Gasteiger partial charge is 0.497 e. The number of ether oxygens (including phenoxy) is 4. The Labute approximate surface area is 290 Å². The molecule has 4 rings (SSSR count). The molecule has 0 bridgehead atoms. The summed E-state index contributed by atoms with van der Waals surface area (Å²) in [6.07, 6.45) is 2.27. The van der Waals surface area contributed by atoms with Crippen molar-refractivity contribution in [2.45, 2.75) is 64.8 Å². The average molecular weight is 677 g/mol. The monoisotopic (exact) mass is 676 g/mol. The maximum Gasteiger partial charge on any atom is 0.323 e. The number of hydrogen-bond donors (Lipinski definition) is 3. The van der Waals surface area contributed by atoms with Crippen LogP contribution < -0.4 is 24.8 Å². The molecule has 0 saturated carbocycles. The van der Waals surface area contributed by atoms with Crippen molar-refractivity contribution in [1.82, 2.24) is 9.80 Å². The molecule has 0 unspecified atom stereocenters. The normalized spacial score (nSPS) is 19.6. The van der Waals surface area contributed by atoms with Gasteiger partial charge in [-0.25, -0.2) is 4.79 Å². The van der Waals surface area contributed by atoms with E-state index in [1.807, 2.05) is 26.0 Å². The Hall–Kier alpha value is -4.32. The first-order valence-electron chi connectivity index (χ1n) is 17.0. The maximum atomic E-state index is 14.4. The summed E-state index contributed by atoms with van der Waals surface area (Å²) in [6.45, 7) is 8.04. The Balaban J connectivity index is 1.56. The number of anilines is 2. The first kappa shape index (κ1) is 37.5. The van der Waals surface area contributed by atoms with Gasteiger partial charge in [0.25, 0.3) is 5.91 Å². The van der Waals surface area contributed by atoms with Crippen LogP contribution in [0.15, 0.2) is 66.7 Å². The second kappa shape index (κ2) is 18.4. The van der Waals surface area contributed by atoms with E-state index in [0.29, 0.717) is 48.1 Å². The van der Waals surface area contributed by atoms with Crippen LogP contribution in [-0.4, -0.2) is 92.7 Å². The molecule has 11 nitrogen and oxygen atoms in total. The summed E-state index contributed by atoms with van der Waals surface area (Å²) in [7, 11) is 5.31. The predicted octanol–water partition coefficient (Wildman–Crippen LogP) is 6.28. The highest BCUT2D eigenvalue weighted by Gasteiger charge is 2.30. The number of carbonyl (C=O) groups excluding carboxylic acids is 2. The molecule has 0 saturated heterocycles. The zero-order chi connectivity index (χ0) is 35.3. The minimum atomic E-state index is -0.471. The number of benzene rings is 3. The van der Waals surface area contributed by atoms with Crippen LogP contribution in [-0.2, 0) is 11.3 Å². The molecule has 3 amide bonds. The maximum absolute atomic E-state index is 14.4. The highest BCUT2D eigenvalue weighted by atomic mass is 16.5. The van der Waals surface area contributed by atoms with E-state index in [1.54, 1.807) is 61.6 Å². The zero-order valence-electron chi connectivity index (χ0n) is 29.6. The molecular formula is C38H52N4O7. The van der Waals surface area contributed by atoms with Gasteiger partial charge in [0.1, 0.15) is 17.2 Å². The Morgan fingerprint density at radius 1 is 0.980 bits per heavy atom. The summed E-state index contributed by atoms with van der Waals surface area (Å²) in [5.74, 6) is 1.58. The fourth-order valence-electron chi connectivity index (χ4n) is 5.85. The van der Waals surface area contributed by atoms with Crippen molar-refractivity contribution in [2.24, 2.45) is 5.92 Å². The molecule has 0 fully saturated rings. The molecule has 0 radical (unpaired) electrons. The van der Waals surface area contributed by atoms with Crippen LogP contribution in [0.1, 0.15) is 56.0 Å². The van der Waals surface area contributed by atoms with E-state index in [9.17, 15) is 14.7 Å². The van der Waals surface area contributed by atoms with Crippen molar-refractivity contribution in [3.8, 4) is 17.2 Å². The van der Waals surface area contributed by atoms with Crippen LogP contribution in [0.4, 0.5) is 16.2 Å². The third-order valence-electron chi connectivity index (χ3n) is 8.76. The number of aliphatic hydroxyl groups is 1. The molecule has 1 aliphatic heterocycles. The van der Waals surface area contributed by atoms with Gasteiger partial charge in [0.05, 0.1) is 44.6 Å². The lowest BCUT2D eigenvalue weighted by molar-refractivity contribution is -0.0177. The van der Waals surface area contributed by atoms with Crippen LogP contribution in [0.5, 0.6) is 17.2 Å². The van der Waals surface area contributed by atoms with E-state index in [1.165, 1.54) is 0 Å². The van der Waals surface area contributed by atoms with Gasteiger partial charge in [-0.15, -0.1) is 0 Å². The summed E-state index contributed by atoms with van der Waals surface area (Å²) >= 11 is 0. The molecule has 4 atom stereocenters. The van der Waals surface area contributed by atoms with Gasteiger partial charge in [0.2, 0.25) is 0 Å². The van der Waals surface area contributed by atoms with E-state index in [2.05, 4.69) is 41.6 Å². The Morgan fingerprint density at radius 3 is 2.27 bits per heavy atom. The van der Waals surface area contributed by atoms with Gasteiger partial charge in [0.15, 0.2) is 0 Å². The van der Waals surface area contributed by atoms with Crippen LogP contribution in [0.3, 0.4) is 0 Å². The number of methoxy groups -OCH3 is 2. The molecule has 266 valence electrons. The highest BCUT2D eigenvalue weighted by molar-refractivity contribution is 6.02. The molecular weight excluding hydrogens is 624 g/mol. The van der Waals surface area contributed by atoms with Gasteiger partial charge < -0.3 is 39.6 Å². The number of nitrogens with one attached hydrogen (secondary N) is 2. The van der Waals surface area contributed by atoms with E-state index in [4.69, 9.17) is 18.9 Å². The van der Waals surface area contributed by atoms with Gasteiger partial charge in [-0.05, 0) is 100 Å². The van der Waals surface area contributed by atoms with Crippen molar-refractivity contribution >= 4 is 23.3 Å². The van der Waals surface area contributed by atoms with Crippen molar-refractivity contribution < 1.29 is 33.6 Å². The third-order valence-corrected chi connectivity index (χ3v) is 8.76. The number of amides is 3. The van der Waals surface area contributed by atoms with Crippen LogP contribution in [0.2, 0.25) is 0 Å². The van der Waals surface area contributed by atoms with Gasteiger partial charge >= 0.3 is 6.03 Å². The Kier molecular flexibility index (Phi) is 14.1. The van der Waals surface area contributed by atoms with Crippen LogP contribution in [0.25, 0.3) is 0 Å². The molecule has 0 aromatic heterocycles. The van der Waals surface area contributed by atoms with Gasteiger partial charge in [-0.1, -0.05) is 19.1 Å². The summed E-state index contributed by atoms with van der Waals surface area (Å²) in [6, 6.07) is 19.2. The molecule has 49 heavy (non-hydrogen) atoms. The molecule has 11 heteroatoms. The first-order chi connectivity index (χ1) is 23.6. The number of urea groups is 1. The van der Waals surface area contributed by atoms with Crippen LogP contribution in [0, 0.1) is 5.92 Å². The molecule has 3 aromatic carbocycles. The smallest absolute Gasteiger partial charge is 0.323 e. The quantitative estimate of drug-likeness (QED) is 0.230. The highest BCUT2D eigenvalue weighted by Crippen LogP contribution is 2.29. The average Bonchev–Trinajstić information content (AvgIpc) is 3.10. The van der Waals surface area contributed by atoms with E-state index >= 15 is 0 Å². The molecule has 1 aliphatic rings. The number of hydrogen-bond acceptors (Lipinski definition) is 8. The summed E-state index contributed by atoms with van der Waals surface area (Å²) in [4.78, 5) is 31.2. The number of rotatable bonds is 10. The predicted molar refractivity (Wildman–Crippen MR) is 192 cm³/mol. The first-order valence-corrected chi connectivity index (χ1v) is 17.0. The number of fused-ring (bicyclic) bond motifs is 1. The lowest BCUT2D eigenvalue weighted by Gasteiger charge is -2.36. The molecule has 3 N–H and O–H groups in total. The minimum Gasteiger partial charge on any atom is -0.497 e. The van der Waals surface area contributed by atoms with Gasteiger partial charge in [-0.2, -0.15) is 0 Å². The topological polar surface area (TPSA) is 122 Å². The summed E-state index contributed by atoms with van der Waals surface area (Å²) < 4.78 is 23.3. The Morgan fingerprint density at radius 2 is 1.61 bits per heavy atom. The molecule has 1 heterocycles. The number of aliphatic hydroxyl groups excluding tert-OH is 1. The standard InChI is InChI=1S/C38H52N4O7/c1-26-22-42(27(2)25-43)37(44)34-21-31(40-38(45)39-30-12-17-33(47-6)18-13-30)14-19-35(34)49-28(3)9-7-8-20-48-36(26)24-41(4)23-29-10-15-32(46-5)16-11-29/h10-19,21,26-28,36,43H,7-9,20,22-25H2,1-6H3,(H2,39,40,45)/t26-,27+,28-,36-/m0/s1. The lowest BCUT2D eigenvalue weighted by atomic mass is 10.0. The SMILES string of the molecule is COc1ccc(CN(C)C[C@@H]2OCCCC[C@H](C)Oc3ccc(NC(=O)Nc4ccc(OC)cc4)cc3C(=O)N([C@H](C)CO)C[C@@H]2C)cc1. The van der Waals surface area contributed by atoms with Gasteiger partial charge in [-0.3, -0.25) is 9.69 Å². The fourth-order valence-corrected chi connectivity index (χ4v) is 5.85. The number of likely N-dealkylation sites (N-methyl/N-ethyl adjacent to an activating group) is 1. The van der Waals surface area contributed by atoms with Crippen molar-refractivity contribution in [3.63, 3.8) is 0 Å². The lowest BCUT2D eigenvalue weighted by Crippen LogP contribution is -2.47.